The number of rotatable bonds is 5. The first-order valence-electron chi connectivity index (χ1n) is 8.87. The van der Waals surface area contributed by atoms with E-state index >= 15 is 0 Å². The Morgan fingerprint density at radius 1 is 1.28 bits per heavy atom. The minimum Gasteiger partial charge on any atom is -0.477 e. The smallest absolute Gasteiger partial charge is 0.276 e. The zero-order valence-electron chi connectivity index (χ0n) is 15.1. The molecule has 1 atom stereocenters. The maximum Gasteiger partial charge on any atom is 0.276 e. The van der Waals surface area contributed by atoms with E-state index in [1.807, 2.05) is 0 Å². The predicted molar refractivity (Wildman–Crippen MR) is 106 cm³/mol. The molecule has 4 N–H and O–H groups in total. The number of nitrogens with one attached hydrogen (secondary N) is 2. The van der Waals surface area contributed by atoms with Crippen LogP contribution in [-0.4, -0.2) is 34.5 Å². The summed E-state index contributed by atoms with van der Waals surface area (Å²) in [6.07, 6.45) is 2.33. The van der Waals surface area contributed by atoms with Crippen LogP contribution in [0.3, 0.4) is 0 Å². The van der Waals surface area contributed by atoms with Crippen molar-refractivity contribution in [3.63, 3.8) is 0 Å². The molecule has 7 nitrogen and oxygen atoms in total. The van der Waals surface area contributed by atoms with Crippen LogP contribution in [0.5, 0.6) is 5.06 Å². The van der Waals surface area contributed by atoms with Crippen LogP contribution in [0.25, 0.3) is 11.3 Å². The molecule has 1 aliphatic rings. The summed E-state index contributed by atoms with van der Waals surface area (Å²) in [5.74, 6) is -2.19. The van der Waals surface area contributed by atoms with Gasteiger partial charge in [0.2, 0.25) is 5.06 Å². The second-order valence-electron chi connectivity index (χ2n) is 6.44. The Labute approximate surface area is 169 Å². The molecule has 0 aliphatic carbocycles. The van der Waals surface area contributed by atoms with Crippen molar-refractivity contribution in [1.29, 1.82) is 0 Å². The summed E-state index contributed by atoms with van der Waals surface area (Å²) in [5, 5.41) is 6.33. The number of nitrogens with two attached hydrogens (primary N) is 1. The molecule has 2 aromatic heterocycles. The molecule has 10 heteroatoms. The monoisotopic (exact) mass is 417 g/mol. The fourth-order valence-electron chi connectivity index (χ4n) is 2.99. The van der Waals surface area contributed by atoms with Crippen molar-refractivity contribution in [3.05, 3.63) is 53.9 Å². The van der Waals surface area contributed by atoms with E-state index in [2.05, 4.69) is 20.0 Å². The van der Waals surface area contributed by atoms with Crippen LogP contribution in [0.15, 0.2) is 36.5 Å². The largest absolute Gasteiger partial charge is 0.477 e. The van der Waals surface area contributed by atoms with E-state index in [0.29, 0.717) is 10.8 Å². The number of hydrogen-bond acceptors (Lipinski definition) is 7. The molecular formula is C19H17F2N5O2S. The van der Waals surface area contributed by atoms with Crippen LogP contribution in [0.1, 0.15) is 16.9 Å². The molecule has 29 heavy (non-hydrogen) atoms. The lowest BCUT2D eigenvalue weighted by Gasteiger charge is -2.13. The Balaban J connectivity index is 1.59. The van der Waals surface area contributed by atoms with Gasteiger partial charge in [-0.05, 0) is 37.2 Å². The Morgan fingerprint density at radius 3 is 2.79 bits per heavy atom. The van der Waals surface area contributed by atoms with Gasteiger partial charge < -0.3 is 21.1 Å². The highest BCUT2D eigenvalue weighted by Crippen LogP contribution is 2.32. The minimum atomic E-state index is -0.781. The van der Waals surface area contributed by atoms with Crippen LogP contribution in [0.4, 0.5) is 20.2 Å². The summed E-state index contributed by atoms with van der Waals surface area (Å²) in [6, 6.07) is 6.24. The fourth-order valence-corrected chi connectivity index (χ4v) is 3.63. The molecule has 0 spiro atoms. The van der Waals surface area contributed by atoms with E-state index < -0.39 is 17.5 Å². The summed E-state index contributed by atoms with van der Waals surface area (Å²) in [4.78, 5) is 16.8. The van der Waals surface area contributed by atoms with Crippen molar-refractivity contribution in [2.24, 2.45) is 0 Å². The SMILES string of the molecule is Nc1ccc(-c2c(F)cccc2F)nc1C(=O)Nc1cnsc1O[C@H]1CCNC1. The first-order chi connectivity index (χ1) is 14.0. The normalized spacial score (nSPS) is 16.0. The van der Waals surface area contributed by atoms with E-state index in [1.165, 1.54) is 24.4 Å². The number of amides is 1. The number of aromatic nitrogens is 2. The summed E-state index contributed by atoms with van der Waals surface area (Å²) in [6.45, 7) is 1.58. The molecule has 1 fully saturated rings. The van der Waals surface area contributed by atoms with Gasteiger partial charge in [-0.2, -0.15) is 4.37 Å². The van der Waals surface area contributed by atoms with Crippen LogP contribution >= 0.6 is 11.5 Å². The number of nitrogens with zero attached hydrogens (tertiary/aromatic N) is 2. The van der Waals surface area contributed by atoms with Crippen molar-refractivity contribution < 1.29 is 18.3 Å². The van der Waals surface area contributed by atoms with Crippen LogP contribution < -0.4 is 21.1 Å². The highest BCUT2D eigenvalue weighted by Gasteiger charge is 2.22. The Kier molecular flexibility index (Phi) is 5.36. The first-order valence-corrected chi connectivity index (χ1v) is 9.64. The van der Waals surface area contributed by atoms with Gasteiger partial charge in [-0.3, -0.25) is 4.79 Å². The quantitative estimate of drug-likeness (QED) is 0.590. The van der Waals surface area contributed by atoms with Gasteiger partial charge in [0.25, 0.3) is 5.91 Å². The Bertz CT molecular complexity index is 1030. The summed E-state index contributed by atoms with van der Waals surface area (Å²) >= 11 is 1.12. The number of anilines is 2. The lowest BCUT2D eigenvalue weighted by molar-refractivity contribution is 0.102. The summed E-state index contributed by atoms with van der Waals surface area (Å²) in [7, 11) is 0. The van der Waals surface area contributed by atoms with E-state index in [0.717, 1.165) is 43.2 Å². The molecule has 3 aromatic rings. The number of ether oxygens (including phenoxy) is 1. The maximum atomic E-state index is 14.1. The molecule has 0 bridgehead atoms. The number of carbonyl (C=O) groups is 1. The minimum absolute atomic E-state index is 0.00153. The number of nitrogen functional groups attached to an aromatic ring is 1. The third-order valence-electron chi connectivity index (χ3n) is 4.43. The second-order valence-corrected chi connectivity index (χ2v) is 7.21. The molecule has 150 valence electrons. The molecule has 0 unspecified atom stereocenters. The predicted octanol–water partition coefficient (Wildman–Crippen LogP) is 3.06. The Morgan fingerprint density at radius 2 is 2.07 bits per heavy atom. The van der Waals surface area contributed by atoms with Crippen molar-refractivity contribution in [3.8, 4) is 16.3 Å². The fraction of sp³-hybridized carbons (Fsp3) is 0.211. The molecule has 0 saturated carbocycles. The van der Waals surface area contributed by atoms with Gasteiger partial charge in [0.05, 0.1) is 23.1 Å². The highest BCUT2D eigenvalue weighted by atomic mass is 32.1. The number of benzene rings is 1. The molecular weight excluding hydrogens is 400 g/mol. The third-order valence-corrected chi connectivity index (χ3v) is 5.13. The van der Waals surface area contributed by atoms with Gasteiger partial charge >= 0.3 is 0 Å². The van der Waals surface area contributed by atoms with Crippen molar-refractivity contribution in [2.75, 3.05) is 24.1 Å². The van der Waals surface area contributed by atoms with Gasteiger partial charge in [-0.15, -0.1) is 0 Å². The van der Waals surface area contributed by atoms with Crippen LogP contribution in [0.2, 0.25) is 0 Å². The number of hydrogen-bond donors (Lipinski definition) is 3. The lowest BCUT2D eigenvalue weighted by atomic mass is 10.1. The van der Waals surface area contributed by atoms with Crippen LogP contribution in [0, 0.1) is 11.6 Å². The zero-order valence-corrected chi connectivity index (χ0v) is 15.9. The molecule has 1 aliphatic heterocycles. The third kappa shape index (κ3) is 4.03. The van der Waals surface area contributed by atoms with Gasteiger partial charge in [-0.1, -0.05) is 6.07 Å². The maximum absolute atomic E-state index is 14.1. The number of halogens is 2. The van der Waals surface area contributed by atoms with Crippen molar-refractivity contribution in [1.82, 2.24) is 14.7 Å². The highest BCUT2D eigenvalue weighted by molar-refractivity contribution is 7.08. The van der Waals surface area contributed by atoms with Crippen molar-refractivity contribution >= 4 is 28.8 Å². The number of carbonyl (C=O) groups excluding carboxylic acids is 1. The molecule has 3 heterocycles. The lowest BCUT2D eigenvalue weighted by Crippen LogP contribution is -2.20. The summed E-state index contributed by atoms with van der Waals surface area (Å²) in [5.41, 5.74) is 5.84. The zero-order chi connectivity index (χ0) is 20.4. The Hall–Kier alpha value is -3.11. The standard InChI is InChI=1S/C19H17F2N5O2S/c20-11-2-1-3-12(21)16(11)14-5-4-13(22)17(25-14)18(27)26-15-9-24-29-19(15)28-10-6-7-23-8-10/h1-5,9-10,23H,6-8,22H2,(H,26,27)/t10-/m0/s1. The molecule has 1 amide bonds. The van der Waals surface area contributed by atoms with Gasteiger partial charge in [0.1, 0.15) is 23.4 Å². The van der Waals surface area contributed by atoms with Crippen molar-refractivity contribution in [2.45, 2.75) is 12.5 Å². The van der Waals surface area contributed by atoms with E-state index in [1.54, 1.807) is 0 Å². The first kappa shape index (κ1) is 19.2. The van der Waals surface area contributed by atoms with E-state index in [4.69, 9.17) is 10.5 Å². The van der Waals surface area contributed by atoms with Gasteiger partial charge in [-0.25, -0.2) is 13.8 Å². The number of pyridine rings is 1. The second kappa shape index (κ2) is 8.10. The van der Waals surface area contributed by atoms with Gasteiger partial charge in [0.15, 0.2) is 5.69 Å². The topological polar surface area (TPSA) is 102 Å². The van der Waals surface area contributed by atoms with Gasteiger partial charge in [0, 0.05) is 18.1 Å². The average Bonchev–Trinajstić information content (AvgIpc) is 3.36. The molecule has 4 rings (SSSR count). The van der Waals surface area contributed by atoms with E-state index in [-0.39, 0.29) is 28.7 Å². The molecule has 1 aromatic carbocycles. The summed E-state index contributed by atoms with van der Waals surface area (Å²) < 4.78 is 38.1. The van der Waals surface area contributed by atoms with E-state index in [9.17, 15) is 13.6 Å². The van der Waals surface area contributed by atoms with Crippen LogP contribution in [-0.2, 0) is 0 Å². The molecule has 0 radical (unpaired) electrons. The average molecular weight is 417 g/mol. The molecule has 1 saturated heterocycles.